The molecule has 0 bridgehead atoms. The molecule has 0 radical (unpaired) electrons. The molecule has 8 nitrogen and oxygen atoms in total. The minimum atomic E-state index is -0.914. The van der Waals surface area contributed by atoms with Crippen LogP contribution in [0, 0.1) is 25.2 Å². The summed E-state index contributed by atoms with van der Waals surface area (Å²) in [6.07, 6.45) is 1.44. The van der Waals surface area contributed by atoms with Gasteiger partial charge < -0.3 is 19.4 Å². The van der Waals surface area contributed by atoms with Gasteiger partial charge in [-0.1, -0.05) is 42.5 Å². The van der Waals surface area contributed by atoms with Gasteiger partial charge >= 0.3 is 5.97 Å². The summed E-state index contributed by atoms with van der Waals surface area (Å²) in [5.41, 5.74) is 3.41. The molecule has 0 aliphatic carbocycles. The molecule has 3 aromatic rings. The first-order valence-corrected chi connectivity index (χ1v) is 11.3. The predicted octanol–water partition coefficient (Wildman–Crippen LogP) is 4.07. The molecule has 3 rings (SSSR count). The number of ketones is 1. The van der Waals surface area contributed by atoms with E-state index in [0.717, 1.165) is 11.4 Å². The van der Waals surface area contributed by atoms with E-state index in [4.69, 9.17) is 9.47 Å². The fourth-order valence-corrected chi connectivity index (χ4v) is 3.72. The number of amides is 1. The van der Waals surface area contributed by atoms with Gasteiger partial charge in [0.05, 0.1) is 12.3 Å². The number of nitrogens with one attached hydrogen (secondary N) is 1. The molecular formula is C28H27N3O5. The van der Waals surface area contributed by atoms with E-state index < -0.39 is 18.5 Å². The van der Waals surface area contributed by atoms with Crippen LogP contribution in [-0.2, 0) is 25.6 Å². The number of nitrogens with zero attached hydrogens (tertiary/aromatic N) is 2. The summed E-state index contributed by atoms with van der Waals surface area (Å²) in [5, 5.41) is 12.1. The molecule has 36 heavy (non-hydrogen) atoms. The zero-order valence-corrected chi connectivity index (χ0v) is 20.4. The van der Waals surface area contributed by atoms with Crippen LogP contribution < -0.4 is 5.32 Å². The highest BCUT2D eigenvalue weighted by Gasteiger charge is 2.18. The minimum absolute atomic E-state index is 0.227. The van der Waals surface area contributed by atoms with E-state index in [1.54, 1.807) is 55.6 Å². The highest BCUT2D eigenvalue weighted by atomic mass is 16.5. The van der Waals surface area contributed by atoms with E-state index in [2.05, 4.69) is 5.32 Å². The van der Waals surface area contributed by atoms with Crippen molar-refractivity contribution < 1.29 is 23.9 Å². The van der Waals surface area contributed by atoms with Crippen LogP contribution in [0.25, 0.3) is 6.08 Å². The lowest BCUT2D eigenvalue weighted by molar-refractivity contribution is -0.142. The summed E-state index contributed by atoms with van der Waals surface area (Å²) in [7, 11) is 1.62. The number of para-hydroxylation sites is 1. The summed E-state index contributed by atoms with van der Waals surface area (Å²) in [6.45, 7) is 4.37. The molecule has 0 saturated heterocycles. The molecule has 0 atom stereocenters. The second kappa shape index (κ2) is 12.3. The van der Waals surface area contributed by atoms with Gasteiger partial charge in [0.25, 0.3) is 5.91 Å². The van der Waals surface area contributed by atoms with Crippen LogP contribution in [0.3, 0.4) is 0 Å². The van der Waals surface area contributed by atoms with E-state index in [1.165, 1.54) is 6.08 Å². The number of benzene rings is 2. The number of anilines is 1. The monoisotopic (exact) mass is 485 g/mol. The first-order valence-electron chi connectivity index (χ1n) is 11.3. The van der Waals surface area contributed by atoms with Gasteiger partial charge in [0.2, 0.25) is 0 Å². The number of ether oxygens (including phenoxy) is 2. The van der Waals surface area contributed by atoms with Gasteiger partial charge in [-0.15, -0.1) is 0 Å². The maximum atomic E-state index is 12.8. The largest absolute Gasteiger partial charge is 0.451 e. The molecular weight excluding hydrogens is 458 g/mol. The van der Waals surface area contributed by atoms with Crippen molar-refractivity contribution in [3.63, 3.8) is 0 Å². The second-order valence-corrected chi connectivity index (χ2v) is 8.01. The van der Waals surface area contributed by atoms with Crippen molar-refractivity contribution in [3.8, 4) is 6.07 Å². The van der Waals surface area contributed by atoms with Crippen molar-refractivity contribution >= 4 is 29.4 Å². The third-order valence-electron chi connectivity index (χ3n) is 5.59. The molecule has 1 aromatic heterocycles. The number of carbonyl (C=O) groups excluding carboxylic acids is 3. The van der Waals surface area contributed by atoms with Crippen LogP contribution in [0.1, 0.15) is 32.9 Å². The van der Waals surface area contributed by atoms with E-state index in [1.807, 2.05) is 36.6 Å². The number of esters is 1. The van der Waals surface area contributed by atoms with E-state index in [0.29, 0.717) is 35.5 Å². The maximum Gasteiger partial charge on any atom is 0.349 e. The Labute approximate surface area is 209 Å². The zero-order chi connectivity index (χ0) is 26.1. The zero-order valence-electron chi connectivity index (χ0n) is 20.4. The number of rotatable bonds is 10. The van der Waals surface area contributed by atoms with Crippen LogP contribution >= 0.6 is 0 Å². The van der Waals surface area contributed by atoms with E-state index in [9.17, 15) is 19.6 Å². The van der Waals surface area contributed by atoms with Crippen molar-refractivity contribution in [2.24, 2.45) is 0 Å². The number of aryl methyl sites for hydroxylation is 1. The van der Waals surface area contributed by atoms with Crippen LogP contribution in [0.15, 0.2) is 66.2 Å². The topological polar surface area (TPSA) is 110 Å². The Morgan fingerprint density at radius 2 is 1.75 bits per heavy atom. The third-order valence-corrected chi connectivity index (χ3v) is 5.59. The molecule has 0 fully saturated rings. The third kappa shape index (κ3) is 6.34. The fraction of sp³-hybridized carbons (Fsp3) is 0.214. The fourth-order valence-electron chi connectivity index (χ4n) is 3.72. The summed E-state index contributed by atoms with van der Waals surface area (Å²) in [6, 6.07) is 19.0. The van der Waals surface area contributed by atoms with Crippen molar-refractivity contribution in [1.82, 2.24) is 4.57 Å². The standard InChI is InChI=1S/C28H27N3O5/c1-19-15-22(20(2)31(19)13-14-35-3)16-23(17-29)28(34)36-18-26(32)30-25-12-8-7-11-24(25)27(33)21-9-5-4-6-10-21/h4-12,15-16H,13-14,18H2,1-3H3,(H,30,32). The Kier molecular flexibility index (Phi) is 8.92. The van der Waals surface area contributed by atoms with Gasteiger partial charge in [0, 0.05) is 36.2 Å². The Morgan fingerprint density at radius 1 is 1.06 bits per heavy atom. The van der Waals surface area contributed by atoms with Crippen molar-refractivity contribution in [2.45, 2.75) is 20.4 Å². The number of aromatic nitrogens is 1. The van der Waals surface area contributed by atoms with Gasteiger partial charge in [0.15, 0.2) is 12.4 Å². The molecule has 1 N–H and O–H groups in total. The van der Waals surface area contributed by atoms with Gasteiger partial charge in [-0.3, -0.25) is 9.59 Å². The second-order valence-electron chi connectivity index (χ2n) is 8.01. The summed E-state index contributed by atoms with van der Waals surface area (Å²) < 4.78 is 12.2. The molecule has 0 aliphatic rings. The Hall–Kier alpha value is -4.48. The lowest BCUT2D eigenvalue weighted by Crippen LogP contribution is -2.22. The van der Waals surface area contributed by atoms with E-state index in [-0.39, 0.29) is 11.4 Å². The average Bonchev–Trinajstić information content (AvgIpc) is 3.16. The number of hydrogen-bond donors (Lipinski definition) is 1. The summed E-state index contributed by atoms with van der Waals surface area (Å²) in [4.78, 5) is 37.8. The predicted molar refractivity (Wildman–Crippen MR) is 135 cm³/mol. The SMILES string of the molecule is COCCn1c(C)cc(C=C(C#N)C(=O)OCC(=O)Nc2ccccc2C(=O)c2ccccc2)c1C. The van der Waals surface area contributed by atoms with Crippen molar-refractivity contribution in [1.29, 1.82) is 5.26 Å². The highest BCUT2D eigenvalue weighted by Crippen LogP contribution is 2.20. The highest BCUT2D eigenvalue weighted by molar-refractivity contribution is 6.14. The molecule has 0 unspecified atom stereocenters. The first kappa shape index (κ1) is 26.1. The number of methoxy groups -OCH3 is 1. The van der Waals surface area contributed by atoms with E-state index >= 15 is 0 Å². The first-order chi connectivity index (χ1) is 17.3. The molecule has 8 heteroatoms. The average molecular weight is 486 g/mol. The van der Waals surface area contributed by atoms with Crippen LogP contribution in [0.5, 0.6) is 0 Å². The van der Waals surface area contributed by atoms with Gasteiger partial charge in [-0.25, -0.2) is 4.79 Å². The normalized spacial score (nSPS) is 11.0. The van der Waals surface area contributed by atoms with Crippen molar-refractivity contribution in [3.05, 3.63) is 94.3 Å². The molecule has 1 heterocycles. The Balaban J connectivity index is 1.67. The molecule has 0 saturated carbocycles. The summed E-state index contributed by atoms with van der Waals surface area (Å²) >= 11 is 0. The van der Waals surface area contributed by atoms with Crippen LogP contribution in [0.2, 0.25) is 0 Å². The van der Waals surface area contributed by atoms with Gasteiger partial charge in [-0.05, 0) is 43.7 Å². The minimum Gasteiger partial charge on any atom is -0.451 e. The molecule has 184 valence electrons. The smallest absolute Gasteiger partial charge is 0.349 e. The molecule has 0 spiro atoms. The summed E-state index contributed by atoms with van der Waals surface area (Å²) in [5.74, 6) is -1.80. The van der Waals surface area contributed by atoms with Crippen LogP contribution in [0.4, 0.5) is 5.69 Å². The Bertz CT molecular complexity index is 1330. The molecule has 2 aromatic carbocycles. The number of carbonyl (C=O) groups is 3. The maximum absolute atomic E-state index is 12.8. The lowest BCUT2D eigenvalue weighted by Gasteiger charge is -2.11. The van der Waals surface area contributed by atoms with Crippen LogP contribution in [-0.4, -0.2) is 42.6 Å². The quantitative estimate of drug-likeness (QED) is 0.201. The van der Waals surface area contributed by atoms with Crippen molar-refractivity contribution in [2.75, 3.05) is 25.6 Å². The Morgan fingerprint density at radius 3 is 2.44 bits per heavy atom. The molecule has 0 aliphatic heterocycles. The van der Waals surface area contributed by atoms with Gasteiger partial charge in [-0.2, -0.15) is 5.26 Å². The number of nitriles is 1. The van der Waals surface area contributed by atoms with Gasteiger partial charge in [0.1, 0.15) is 11.6 Å². The molecule has 1 amide bonds. The lowest BCUT2D eigenvalue weighted by atomic mass is 10.0. The number of hydrogen-bond acceptors (Lipinski definition) is 6.